The summed E-state index contributed by atoms with van der Waals surface area (Å²) in [4.78, 5) is 35.4. The molecule has 0 saturated carbocycles. The van der Waals surface area contributed by atoms with Gasteiger partial charge in [-0.05, 0) is 32.6 Å². The van der Waals surface area contributed by atoms with Crippen LogP contribution in [0.5, 0.6) is 0 Å². The molecule has 2 amide bonds. The Labute approximate surface area is 113 Å². The molecule has 0 radical (unpaired) electrons. The fourth-order valence-electron chi connectivity index (χ4n) is 2.41. The van der Waals surface area contributed by atoms with Crippen molar-refractivity contribution in [2.24, 2.45) is 0 Å². The first-order valence-electron chi connectivity index (χ1n) is 7.12. The summed E-state index contributed by atoms with van der Waals surface area (Å²) in [5.41, 5.74) is 0. The number of nitrogens with zero attached hydrogens (tertiary/aromatic N) is 2. The lowest BCUT2D eigenvalue weighted by Gasteiger charge is -2.30. The van der Waals surface area contributed by atoms with Gasteiger partial charge in [0.15, 0.2) is 6.23 Å². The van der Waals surface area contributed by atoms with Crippen molar-refractivity contribution in [1.82, 2.24) is 9.96 Å². The molecule has 2 rings (SSSR count). The van der Waals surface area contributed by atoms with Crippen LogP contribution >= 0.6 is 0 Å². The van der Waals surface area contributed by atoms with E-state index in [1.807, 2.05) is 0 Å². The summed E-state index contributed by atoms with van der Waals surface area (Å²) in [5, 5.41) is 1.25. The zero-order chi connectivity index (χ0) is 13.7. The van der Waals surface area contributed by atoms with Crippen LogP contribution in [0.15, 0.2) is 0 Å². The lowest BCUT2D eigenvalue weighted by Crippen LogP contribution is -2.43. The molecule has 108 valence electrons. The summed E-state index contributed by atoms with van der Waals surface area (Å²) in [6, 6.07) is 0. The van der Waals surface area contributed by atoms with Gasteiger partial charge in [0, 0.05) is 19.4 Å². The Morgan fingerprint density at radius 1 is 0.947 bits per heavy atom. The maximum absolute atomic E-state index is 11.9. The average Bonchev–Trinajstić information content (AvgIpc) is 2.62. The molecular weight excluding hydrogens is 248 g/mol. The molecule has 0 aromatic carbocycles. The van der Waals surface area contributed by atoms with E-state index in [1.165, 1.54) is 5.06 Å². The Kier molecular flexibility index (Phi) is 5.15. The van der Waals surface area contributed by atoms with Crippen LogP contribution in [-0.2, 0) is 19.5 Å². The molecule has 2 heterocycles. The Morgan fingerprint density at radius 3 is 2.42 bits per heavy atom. The average molecular weight is 270 g/mol. The summed E-state index contributed by atoms with van der Waals surface area (Å²) in [6.07, 6.45) is 5.43. The standard InChI is InChI=1S/C13H22N2O4/c1-11(14-9-5-2-3-7-12(14)16)18-19-15-10-6-4-8-13(15)17/h11H,2-10H2,1H3. The van der Waals surface area contributed by atoms with Gasteiger partial charge in [-0.15, -0.1) is 4.99 Å². The van der Waals surface area contributed by atoms with E-state index >= 15 is 0 Å². The van der Waals surface area contributed by atoms with Crippen LogP contribution in [-0.4, -0.2) is 41.1 Å². The molecule has 0 bridgehead atoms. The van der Waals surface area contributed by atoms with Crippen molar-refractivity contribution >= 4 is 11.8 Å². The van der Waals surface area contributed by atoms with Gasteiger partial charge in [0.05, 0.1) is 6.54 Å². The molecule has 0 aromatic rings. The number of hydrogen-bond acceptors (Lipinski definition) is 4. The van der Waals surface area contributed by atoms with Crippen LogP contribution in [0.2, 0.25) is 0 Å². The maximum atomic E-state index is 11.9. The fourth-order valence-corrected chi connectivity index (χ4v) is 2.41. The number of piperidine rings is 1. The molecule has 2 saturated heterocycles. The minimum Gasteiger partial charge on any atom is -0.314 e. The van der Waals surface area contributed by atoms with Gasteiger partial charge in [-0.25, -0.2) is 0 Å². The third-order valence-electron chi connectivity index (χ3n) is 3.60. The smallest absolute Gasteiger partial charge is 0.248 e. The van der Waals surface area contributed by atoms with E-state index in [4.69, 9.17) is 9.88 Å². The van der Waals surface area contributed by atoms with Gasteiger partial charge in [-0.2, -0.15) is 9.95 Å². The van der Waals surface area contributed by atoms with E-state index in [9.17, 15) is 9.59 Å². The van der Waals surface area contributed by atoms with Gasteiger partial charge in [-0.1, -0.05) is 6.42 Å². The normalized spacial score (nSPS) is 23.4. The van der Waals surface area contributed by atoms with E-state index in [2.05, 4.69) is 0 Å². The Morgan fingerprint density at radius 2 is 1.63 bits per heavy atom. The van der Waals surface area contributed by atoms with Gasteiger partial charge in [-0.3, -0.25) is 9.59 Å². The van der Waals surface area contributed by atoms with Gasteiger partial charge in [0.2, 0.25) is 11.8 Å². The fraction of sp³-hybridized carbons (Fsp3) is 0.846. The van der Waals surface area contributed by atoms with Crippen LogP contribution in [0, 0.1) is 0 Å². The van der Waals surface area contributed by atoms with E-state index in [1.54, 1.807) is 11.8 Å². The number of hydrogen-bond donors (Lipinski definition) is 0. The van der Waals surface area contributed by atoms with Gasteiger partial charge in [0.25, 0.3) is 0 Å². The van der Waals surface area contributed by atoms with E-state index in [0.717, 1.165) is 32.1 Å². The predicted octanol–water partition coefficient (Wildman–Crippen LogP) is 1.61. The number of amides is 2. The lowest BCUT2D eigenvalue weighted by molar-refractivity contribution is -0.442. The second-order valence-corrected chi connectivity index (χ2v) is 5.12. The maximum Gasteiger partial charge on any atom is 0.248 e. The third-order valence-corrected chi connectivity index (χ3v) is 3.60. The highest BCUT2D eigenvalue weighted by atomic mass is 17.3. The topological polar surface area (TPSA) is 59.1 Å². The number of rotatable bonds is 4. The Balaban J connectivity index is 1.80. The minimum absolute atomic E-state index is 0.0550. The molecule has 19 heavy (non-hydrogen) atoms. The molecule has 0 N–H and O–H groups in total. The SMILES string of the molecule is CC(OON1CCCCC1=O)N1CCCCCC1=O. The number of carbonyl (C=O) groups is 2. The van der Waals surface area contributed by atoms with Crippen LogP contribution in [0.1, 0.15) is 51.9 Å². The third kappa shape index (κ3) is 3.91. The summed E-state index contributed by atoms with van der Waals surface area (Å²) < 4.78 is 0. The first kappa shape index (κ1) is 14.3. The molecule has 2 aliphatic heterocycles. The lowest BCUT2D eigenvalue weighted by atomic mass is 10.2. The van der Waals surface area contributed by atoms with Crippen LogP contribution in [0.3, 0.4) is 0 Å². The van der Waals surface area contributed by atoms with Crippen molar-refractivity contribution in [3.8, 4) is 0 Å². The summed E-state index contributed by atoms with van der Waals surface area (Å²) in [7, 11) is 0. The highest BCUT2D eigenvalue weighted by molar-refractivity contribution is 5.76. The monoisotopic (exact) mass is 270 g/mol. The van der Waals surface area contributed by atoms with Gasteiger partial charge in [0.1, 0.15) is 0 Å². The number of hydroxylamine groups is 2. The zero-order valence-corrected chi connectivity index (χ0v) is 11.5. The highest BCUT2D eigenvalue weighted by Gasteiger charge is 2.25. The molecule has 1 unspecified atom stereocenters. The second kappa shape index (κ2) is 6.86. The zero-order valence-electron chi connectivity index (χ0n) is 11.5. The molecular formula is C13H22N2O4. The van der Waals surface area contributed by atoms with Crippen molar-refractivity contribution in [3.05, 3.63) is 0 Å². The van der Waals surface area contributed by atoms with E-state index < -0.39 is 6.23 Å². The number of likely N-dealkylation sites (tertiary alicyclic amines) is 1. The Bertz CT molecular complexity index is 335. The van der Waals surface area contributed by atoms with E-state index in [-0.39, 0.29) is 11.8 Å². The highest BCUT2D eigenvalue weighted by Crippen LogP contribution is 2.16. The molecule has 0 aromatic heterocycles. The molecule has 2 fully saturated rings. The summed E-state index contributed by atoms with van der Waals surface area (Å²) in [6.45, 7) is 3.02. The predicted molar refractivity (Wildman–Crippen MR) is 67.4 cm³/mol. The molecule has 0 aliphatic carbocycles. The molecule has 6 heteroatoms. The van der Waals surface area contributed by atoms with Crippen LogP contribution in [0.25, 0.3) is 0 Å². The quantitative estimate of drug-likeness (QED) is 0.575. The van der Waals surface area contributed by atoms with Crippen molar-refractivity contribution in [2.45, 2.75) is 58.1 Å². The Hall–Kier alpha value is -1.14. The molecule has 0 spiro atoms. The van der Waals surface area contributed by atoms with Crippen LogP contribution in [0.4, 0.5) is 0 Å². The van der Waals surface area contributed by atoms with Crippen LogP contribution < -0.4 is 0 Å². The molecule has 1 atom stereocenters. The first-order valence-corrected chi connectivity index (χ1v) is 7.12. The molecule has 2 aliphatic rings. The number of carbonyl (C=O) groups excluding carboxylic acids is 2. The second-order valence-electron chi connectivity index (χ2n) is 5.12. The van der Waals surface area contributed by atoms with Gasteiger partial charge >= 0.3 is 0 Å². The first-order chi connectivity index (χ1) is 9.18. The minimum atomic E-state index is -0.458. The largest absolute Gasteiger partial charge is 0.314 e. The van der Waals surface area contributed by atoms with E-state index in [0.29, 0.717) is 25.9 Å². The summed E-state index contributed by atoms with van der Waals surface area (Å²) in [5.74, 6) is 0.0409. The van der Waals surface area contributed by atoms with Crippen molar-refractivity contribution in [3.63, 3.8) is 0 Å². The van der Waals surface area contributed by atoms with Crippen molar-refractivity contribution < 1.29 is 19.5 Å². The van der Waals surface area contributed by atoms with Gasteiger partial charge < -0.3 is 4.90 Å². The van der Waals surface area contributed by atoms with Crippen molar-refractivity contribution in [1.29, 1.82) is 0 Å². The molecule has 6 nitrogen and oxygen atoms in total. The summed E-state index contributed by atoms with van der Waals surface area (Å²) >= 11 is 0. The van der Waals surface area contributed by atoms with Crippen molar-refractivity contribution in [2.75, 3.05) is 13.1 Å².